The van der Waals surface area contributed by atoms with E-state index in [1.807, 2.05) is 11.8 Å². The molecule has 5 heteroatoms. The highest BCUT2D eigenvalue weighted by Gasteiger charge is 2.26. The van der Waals surface area contributed by atoms with Crippen molar-refractivity contribution in [3.05, 3.63) is 28.7 Å². The van der Waals surface area contributed by atoms with Crippen molar-refractivity contribution in [1.82, 2.24) is 0 Å². The van der Waals surface area contributed by atoms with Crippen molar-refractivity contribution in [3.63, 3.8) is 0 Å². The van der Waals surface area contributed by atoms with E-state index < -0.39 is 5.97 Å². The van der Waals surface area contributed by atoms with Crippen LogP contribution in [-0.2, 0) is 4.79 Å². The van der Waals surface area contributed by atoms with Crippen LogP contribution in [0.3, 0.4) is 0 Å². The lowest BCUT2D eigenvalue weighted by Gasteiger charge is -2.30. The zero-order valence-corrected chi connectivity index (χ0v) is 13.8. The third-order valence-corrected chi connectivity index (χ3v) is 6.68. The third-order valence-electron chi connectivity index (χ3n) is 3.16. The lowest BCUT2D eigenvalue weighted by atomic mass is 10.00. The topological polar surface area (TPSA) is 37.3 Å². The van der Waals surface area contributed by atoms with Crippen molar-refractivity contribution in [3.8, 4) is 0 Å². The van der Waals surface area contributed by atoms with E-state index >= 15 is 0 Å². The molecule has 1 aliphatic rings. The molecule has 0 heterocycles. The number of thioether (sulfide) groups is 2. The Kier molecular flexibility index (Phi) is 6.10. The summed E-state index contributed by atoms with van der Waals surface area (Å²) in [4.78, 5) is 12.0. The van der Waals surface area contributed by atoms with E-state index in [9.17, 15) is 4.79 Å². The van der Waals surface area contributed by atoms with E-state index in [4.69, 9.17) is 5.11 Å². The van der Waals surface area contributed by atoms with E-state index in [1.165, 1.54) is 24.2 Å². The molecule has 1 aromatic rings. The van der Waals surface area contributed by atoms with Gasteiger partial charge in [0.05, 0.1) is 5.75 Å². The van der Waals surface area contributed by atoms with Crippen LogP contribution in [0.5, 0.6) is 0 Å². The second-order valence-corrected chi connectivity index (χ2v) is 8.09. The van der Waals surface area contributed by atoms with Gasteiger partial charge in [-0.1, -0.05) is 28.8 Å². The lowest BCUT2D eigenvalue weighted by molar-refractivity contribution is -0.133. The maximum Gasteiger partial charge on any atom is 0.313 e. The first kappa shape index (κ1) is 15.3. The van der Waals surface area contributed by atoms with Gasteiger partial charge in [0, 0.05) is 19.9 Å². The van der Waals surface area contributed by atoms with Gasteiger partial charge in [-0.2, -0.15) is 0 Å². The number of rotatable bonds is 5. The van der Waals surface area contributed by atoms with Gasteiger partial charge in [-0.3, -0.25) is 4.79 Å². The van der Waals surface area contributed by atoms with Gasteiger partial charge in [0.15, 0.2) is 0 Å². The molecule has 104 valence electrons. The molecule has 1 aliphatic carbocycles. The number of carboxylic acids is 1. The molecule has 0 saturated heterocycles. The van der Waals surface area contributed by atoms with E-state index in [0.717, 1.165) is 10.9 Å². The summed E-state index contributed by atoms with van der Waals surface area (Å²) in [7, 11) is 0. The largest absolute Gasteiger partial charge is 0.481 e. The molecule has 0 aromatic heterocycles. The Hall–Kier alpha value is -0.130. The summed E-state index contributed by atoms with van der Waals surface area (Å²) < 4.78 is 1.09. The SMILES string of the molecule is O=C(O)CS[C@@H]1CCCC[C@H]1Sc1ccc(Br)cc1. The number of carboxylic acid groups (broad SMARTS) is 1. The molecule has 0 aliphatic heterocycles. The van der Waals surface area contributed by atoms with Crippen molar-refractivity contribution < 1.29 is 9.90 Å². The molecule has 2 atom stereocenters. The molecular weight excluding hydrogens is 344 g/mol. The molecule has 2 nitrogen and oxygen atoms in total. The van der Waals surface area contributed by atoms with Crippen LogP contribution in [0.2, 0.25) is 0 Å². The van der Waals surface area contributed by atoms with Gasteiger partial charge in [0.1, 0.15) is 0 Å². The summed E-state index contributed by atoms with van der Waals surface area (Å²) in [5, 5.41) is 9.83. The van der Waals surface area contributed by atoms with Crippen molar-refractivity contribution in [2.45, 2.75) is 41.1 Å². The first-order valence-electron chi connectivity index (χ1n) is 6.41. The Morgan fingerprint density at radius 2 is 1.84 bits per heavy atom. The fourth-order valence-corrected chi connectivity index (χ4v) is 5.18. The number of aliphatic carboxylic acids is 1. The molecule has 0 unspecified atom stereocenters. The first-order chi connectivity index (χ1) is 9.15. The van der Waals surface area contributed by atoms with Crippen LogP contribution in [0, 0.1) is 0 Å². The summed E-state index contributed by atoms with van der Waals surface area (Å²) in [6.07, 6.45) is 4.83. The first-order valence-corrected chi connectivity index (χ1v) is 9.13. The normalized spacial score (nSPS) is 23.2. The summed E-state index contributed by atoms with van der Waals surface area (Å²) in [6.45, 7) is 0. The minimum atomic E-state index is -0.706. The highest BCUT2D eigenvalue weighted by atomic mass is 79.9. The Labute approximate surface area is 130 Å². The summed E-state index contributed by atoms with van der Waals surface area (Å²) in [6, 6.07) is 8.37. The molecule has 0 amide bonds. The third kappa shape index (κ3) is 5.04. The average Bonchev–Trinajstić information content (AvgIpc) is 2.40. The van der Waals surface area contributed by atoms with Crippen molar-refractivity contribution >= 4 is 45.4 Å². The highest BCUT2D eigenvalue weighted by molar-refractivity contribution is 9.10. The molecule has 1 aromatic carbocycles. The van der Waals surface area contributed by atoms with Crippen LogP contribution < -0.4 is 0 Å². The van der Waals surface area contributed by atoms with Crippen LogP contribution in [0.15, 0.2) is 33.6 Å². The molecule has 1 N–H and O–H groups in total. The zero-order valence-electron chi connectivity index (χ0n) is 10.5. The molecule has 1 fully saturated rings. The fourth-order valence-electron chi connectivity index (χ4n) is 2.25. The second-order valence-electron chi connectivity index (χ2n) is 4.64. The molecule has 19 heavy (non-hydrogen) atoms. The molecular formula is C14H17BrO2S2. The predicted molar refractivity (Wildman–Crippen MR) is 86.1 cm³/mol. The molecule has 0 spiro atoms. The average molecular weight is 361 g/mol. The van der Waals surface area contributed by atoms with Gasteiger partial charge in [-0.05, 0) is 37.1 Å². The van der Waals surface area contributed by atoms with Gasteiger partial charge >= 0.3 is 5.97 Å². The smallest absolute Gasteiger partial charge is 0.313 e. The second kappa shape index (κ2) is 7.60. The van der Waals surface area contributed by atoms with E-state index in [0.29, 0.717) is 10.5 Å². The molecule has 1 saturated carbocycles. The lowest BCUT2D eigenvalue weighted by Crippen LogP contribution is -2.25. The monoisotopic (exact) mass is 360 g/mol. The minimum Gasteiger partial charge on any atom is -0.481 e. The zero-order chi connectivity index (χ0) is 13.7. The van der Waals surface area contributed by atoms with Crippen molar-refractivity contribution in [1.29, 1.82) is 0 Å². The Bertz CT molecular complexity index is 422. The summed E-state index contributed by atoms with van der Waals surface area (Å²) in [5.74, 6) is -0.481. The van der Waals surface area contributed by atoms with Crippen LogP contribution in [0.25, 0.3) is 0 Å². The van der Waals surface area contributed by atoms with Crippen molar-refractivity contribution in [2.24, 2.45) is 0 Å². The Balaban J connectivity index is 1.95. The van der Waals surface area contributed by atoms with Gasteiger partial charge in [0.2, 0.25) is 0 Å². The van der Waals surface area contributed by atoms with E-state index in [-0.39, 0.29) is 5.75 Å². The van der Waals surface area contributed by atoms with Gasteiger partial charge in [-0.15, -0.1) is 23.5 Å². The quantitative estimate of drug-likeness (QED) is 0.827. The van der Waals surface area contributed by atoms with Gasteiger partial charge in [0.25, 0.3) is 0 Å². The summed E-state index contributed by atoms with van der Waals surface area (Å²) >= 11 is 6.95. The van der Waals surface area contributed by atoms with Crippen LogP contribution in [-0.4, -0.2) is 27.3 Å². The number of benzene rings is 1. The maximum atomic E-state index is 10.7. The molecule has 0 radical (unpaired) electrons. The summed E-state index contributed by atoms with van der Waals surface area (Å²) in [5.41, 5.74) is 0. The predicted octanol–water partition coefficient (Wildman–Crippen LogP) is 4.67. The number of carbonyl (C=O) groups is 1. The van der Waals surface area contributed by atoms with Crippen LogP contribution >= 0.6 is 39.5 Å². The number of halogens is 1. The Morgan fingerprint density at radius 1 is 1.21 bits per heavy atom. The van der Waals surface area contributed by atoms with E-state index in [2.05, 4.69) is 40.2 Å². The Morgan fingerprint density at radius 3 is 2.47 bits per heavy atom. The van der Waals surface area contributed by atoms with Crippen LogP contribution in [0.4, 0.5) is 0 Å². The maximum absolute atomic E-state index is 10.7. The van der Waals surface area contributed by atoms with Crippen molar-refractivity contribution in [2.75, 3.05) is 5.75 Å². The fraction of sp³-hybridized carbons (Fsp3) is 0.500. The van der Waals surface area contributed by atoms with Gasteiger partial charge in [-0.25, -0.2) is 0 Å². The van der Waals surface area contributed by atoms with Gasteiger partial charge < -0.3 is 5.11 Å². The molecule has 2 rings (SSSR count). The van der Waals surface area contributed by atoms with E-state index in [1.54, 1.807) is 11.8 Å². The standard InChI is InChI=1S/C14H17BrO2S2/c15-10-5-7-11(8-6-10)19-13-4-2-1-3-12(13)18-9-14(16)17/h5-8,12-13H,1-4,9H2,(H,16,17)/t12-,13-/m1/s1. The minimum absolute atomic E-state index is 0.224. The van der Waals surface area contributed by atoms with Crippen LogP contribution in [0.1, 0.15) is 25.7 Å². The highest BCUT2D eigenvalue weighted by Crippen LogP contribution is 2.39. The number of hydrogen-bond donors (Lipinski definition) is 1. The number of hydrogen-bond acceptors (Lipinski definition) is 3. The molecule has 0 bridgehead atoms.